The summed E-state index contributed by atoms with van der Waals surface area (Å²) in [6, 6.07) is 0.336. The van der Waals surface area contributed by atoms with E-state index in [9.17, 15) is 4.79 Å². The SMILES string of the molecule is CC1=C(C=CC(=O)NC2CCNCC2)C(C)(C)CCC1. The van der Waals surface area contributed by atoms with Crippen molar-refractivity contribution in [3.05, 3.63) is 23.3 Å². The van der Waals surface area contributed by atoms with Crippen LogP contribution in [0.15, 0.2) is 23.3 Å². The van der Waals surface area contributed by atoms with E-state index in [1.165, 1.54) is 30.4 Å². The van der Waals surface area contributed by atoms with Crippen molar-refractivity contribution in [2.24, 2.45) is 5.41 Å². The van der Waals surface area contributed by atoms with Crippen LogP contribution in [0.25, 0.3) is 0 Å². The summed E-state index contributed by atoms with van der Waals surface area (Å²) in [5.41, 5.74) is 2.99. The van der Waals surface area contributed by atoms with Gasteiger partial charge in [-0.3, -0.25) is 4.79 Å². The largest absolute Gasteiger partial charge is 0.350 e. The maximum absolute atomic E-state index is 12.0. The lowest BCUT2D eigenvalue weighted by atomic mass is 9.72. The molecular weight excluding hydrogens is 248 g/mol. The molecule has 1 fully saturated rings. The van der Waals surface area contributed by atoms with Crippen LogP contribution in [-0.2, 0) is 4.79 Å². The second-order valence-corrected chi connectivity index (χ2v) is 6.80. The quantitative estimate of drug-likeness (QED) is 0.778. The van der Waals surface area contributed by atoms with Crippen molar-refractivity contribution in [2.75, 3.05) is 13.1 Å². The van der Waals surface area contributed by atoms with E-state index < -0.39 is 0 Å². The van der Waals surface area contributed by atoms with Crippen LogP contribution < -0.4 is 10.6 Å². The van der Waals surface area contributed by atoms with E-state index in [-0.39, 0.29) is 11.3 Å². The first-order valence-corrected chi connectivity index (χ1v) is 7.88. The van der Waals surface area contributed by atoms with Gasteiger partial charge < -0.3 is 10.6 Å². The number of nitrogens with one attached hydrogen (secondary N) is 2. The minimum atomic E-state index is 0.0542. The van der Waals surface area contributed by atoms with Crippen molar-refractivity contribution in [3.63, 3.8) is 0 Å². The van der Waals surface area contributed by atoms with Gasteiger partial charge in [-0.1, -0.05) is 25.5 Å². The summed E-state index contributed by atoms with van der Waals surface area (Å²) in [5.74, 6) is 0.0542. The maximum Gasteiger partial charge on any atom is 0.244 e. The molecule has 1 heterocycles. The number of hydrogen-bond donors (Lipinski definition) is 2. The van der Waals surface area contributed by atoms with Crippen LogP contribution in [0.2, 0.25) is 0 Å². The van der Waals surface area contributed by atoms with E-state index in [4.69, 9.17) is 0 Å². The summed E-state index contributed by atoms with van der Waals surface area (Å²) in [7, 11) is 0. The van der Waals surface area contributed by atoms with Crippen molar-refractivity contribution in [3.8, 4) is 0 Å². The predicted molar refractivity (Wildman–Crippen MR) is 83.5 cm³/mol. The van der Waals surface area contributed by atoms with E-state index in [1.54, 1.807) is 6.08 Å². The zero-order valence-electron chi connectivity index (χ0n) is 13.1. The number of piperidine rings is 1. The molecule has 0 radical (unpaired) electrons. The summed E-state index contributed by atoms with van der Waals surface area (Å²) >= 11 is 0. The third kappa shape index (κ3) is 3.95. The Hall–Kier alpha value is -1.09. The Kier molecular flexibility index (Phi) is 5.03. The fraction of sp³-hybridized carbons (Fsp3) is 0.706. The number of rotatable bonds is 3. The first-order valence-electron chi connectivity index (χ1n) is 7.88. The van der Waals surface area contributed by atoms with Crippen molar-refractivity contribution in [2.45, 2.75) is 58.9 Å². The van der Waals surface area contributed by atoms with Gasteiger partial charge in [0.2, 0.25) is 5.91 Å². The molecule has 20 heavy (non-hydrogen) atoms. The molecule has 2 N–H and O–H groups in total. The number of carbonyl (C=O) groups excluding carboxylic acids is 1. The third-order valence-corrected chi connectivity index (χ3v) is 4.63. The highest BCUT2D eigenvalue weighted by atomic mass is 16.1. The Morgan fingerprint density at radius 2 is 2.05 bits per heavy atom. The van der Waals surface area contributed by atoms with Gasteiger partial charge in [-0.05, 0) is 63.1 Å². The third-order valence-electron chi connectivity index (χ3n) is 4.63. The molecular formula is C17H28N2O. The number of hydrogen-bond acceptors (Lipinski definition) is 2. The molecule has 112 valence electrons. The molecule has 1 aliphatic carbocycles. The van der Waals surface area contributed by atoms with Crippen LogP contribution >= 0.6 is 0 Å². The van der Waals surface area contributed by atoms with Crippen LogP contribution in [0, 0.1) is 5.41 Å². The molecule has 2 aliphatic rings. The average molecular weight is 276 g/mol. The molecule has 2 rings (SSSR count). The Bertz CT molecular complexity index is 415. The molecule has 0 aromatic carbocycles. The predicted octanol–water partition coefficient (Wildman–Crippen LogP) is 2.94. The standard InChI is InChI=1S/C17H28N2O/c1-13-5-4-10-17(2,3)15(13)6-7-16(20)19-14-8-11-18-12-9-14/h6-7,14,18H,4-5,8-12H2,1-3H3,(H,19,20). The normalized spacial score (nSPS) is 24.1. The number of allylic oxidation sites excluding steroid dienone is 3. The first kappa shape index (κ1) is 15.3. The Balaban J connectivity index is 1.95. The second-order valence-electron chi connectivity index (χ2n) is 6.80. The van der Waals surface area contributed by atoms with Gasteiger partial charge in [0.1, 0.15) is 0 Å². The molecule has 0 bridgehead atoms. The van der Waals surface area contributed by atoms with Crippen LogP contribution in [0.1, 0.15) is 52.9 Å². The number of carbonyl (C=O) groups is 1. The molecule has 0 atom stereocenters. The van der Waals surface area contributed by atoms with E-state index in [2.05, 4.69) is 31.4 Å². The van der Waals surface area contributed by atoms with E-state index >= 15 is 0 Å². The summed E-state index contributed by atoms with van der Waals surface area (Å²) in [5, 5.41) is 6.42. The van der Waals surface area contributed by atoms with Crippen LogP contribution in [0.3, 0.4) is 0 Å². The first-order chi connectivity index (χ1) is 9.49. The van der Waals surface area contributed by atoms with E-state index in [0.717, 1.165) is 25.9 Å². The van der Waals surface area contributed by atoms with Crippen LogP contribution in [0.4, 0.5) is 0 Å². The van der Waals surface area contributed by atoms with Gasteiger partial charge in [0.05, 0.1) is 0 Å². The maximum atomic E-state index is 12.0. The molecule has 0 spiro atoms. The summed E-state index contributed by atoms with van der Waals surface area (Å²) in [4.78, 5) is 12.0. The highest BCUT2D eigenvalue weighted by molar-refractivity contribution is 5.88. The zero-order chi connectivity index (χ0) is 14.6. The van der Waals surface area contributed by atoms with Gasteiger partial charge in [0.15, 0.2) is 0 Å². The summed E-state index contributed by atoms with van der Waals surface area (Å²) in [6.07, 6.45) is 9.48. The molecule has 0 saturated carbocycles. The molecule has 3 nitrogen and oxygen atoms in total. The van der Waals surface area contributed by atoms with Gasteiger partial charge in [0.25, 0.3) is 0 Å². The lowest BCUT2D eigenvalue weighted by molar-refractivity contribution is -0.117. The molecule has 0 aromatic rings. The van der Waals surface area contributed by atoms with Gasteiger partial charge in [-0.25, -0.2) is 0 Å². The van der Waals surface area contributed by atoms with Gasteiger partial charge in [0, 0.05) is 12.1 Å². The molecule has 1 saturated heterocycles. The van der Waals surface area contributed by atoms with Crippen molar-refractivity contribution >= 4 is 5.91 Å². The van der Waals surface area contributed by atoms with Crippen molar-refractivity contribution in [1.82, 2.24) is 10.6 Å². The van der Waals surface area contributed by atoms with Gasteiger partial charge in [-0.2, -0.15) is 0 Å². The molecule has 1 amide bonds. The summed E-state index contributed by atoms with van der Waals surface area (Å²) in [6.45, 7) is 8.77. The van der Waals surface area contributed by atoms with E-state index in [1.807, 2.05) is 6.08 Å². The Morgan fingerprint density at radius 1 is 1.35 bits per heavy atom. The highest BCUT2D eigenvalue weighted by Gasteiger charge is 2.26. The monoisotopic (exact) mass is 276 g/mol. The average Bonchev–Trinajstić information content (AvgIpc) is 2.38. The lowest BCUT2D eigenvalue weighted by Crippen LogP contribution is -2.42. The fourth-order valence-corrected chi connectivity index (χ4v) is 3.38. The van der Waals surface area contributed by atoms with Crippen LogP contribution in [0.5, 0.6) is 0 Å². The highest BCUT2D eigenvalue weighted by Crippen LogP contribution is 2.40. The smallest absolute Gasteiger partial charge is 0.244 e. The van der Waals surface area contributed by atoms with Crippen molar-refractivity contribution in [1.29, 1.82) is 0 Å². The number of amides is 1. The minimum absolute atomic E-state index is 0.0542. The fourth-order valence-electron chi connectivity index (χ4n) is 3.38. The van der Waals surface area contributed by atoms with Gasteiger partial charge >= 0.3 is 0 Å². The molecule has 3 heteroatoms. The topological polar surface area (TPSA) is 41.1 Å². The Labute approximate surface area is 122 Å². The minimum Gasteiger partial charge on any atom is -0.350 e. The summed E-state index contributed by atoms with van der Waals surface area (Å²) < 4.78 is 0. The zero-order valence-corrected chi connectivity index (χ0v) is 13.1. The molecule has 1 aliphatic heterocycles. The second kappa shape index (κ2) is 6.57. The van der Waals surface area contributed by atoms with Crippen molar-refractivity contribution < 1.29 is 4.79 Å². The molecule has 0 aromatic heterocycles. The lowest BCUT2D eigenvalue weighted by Gasteiger charge is -2.32. The molecule has 0 unspecified atom stereocenters. The van der Waals surface area contributed by atoms with E-state index in [0.29, 0.717) is 6.04 Å². The van der Waals surface area contributed by atoms with Crippen LogP contribution in [-0.4, -0.2) is 25.0 Å². The van der Waals surface area contributed by atoms with Gasteiger partial charge in [-0.15, -0.1) is 0 Å². The Morgan fingerprint density at radius 3 is 2.70 bits per heavy atom.